The third-order valence-electron chi connectivity index (χ3n) is 3.94. The first-order valence-corrected chi connectivity index (χ1v) is 9.69. The minimum Gasteiger partial charge on any atom is -0.462 e. The van der Waals surface area contributed by atoms with Gasteiger partial charge in [0.25, 0.3) is 0 Å². The number of rotatable bonds is 6. The SMILES string of the molecule is CCOC(=O)c1c(NC(=O)Cn2nnc(-c3cccc(Cl)c3)n2)sc(C)c1C. The maximum absolute atomic E-state index is 12.4. The zero-order valence-electron chi connectivity index (χ0n) is 15.5. The monoisotopic (exact) mass is 419 g/mol. The molecule has 28 heavy (non-hydrogen) atoms. The van der Waals surface area contributed by atoms with E-state index in [1.54, 1.807) is 31.2 Å². The highest BCUT2D eigenvalue weighted by molar-refractivity contribution is 7.16. The number of amides is 1. The molecule has 0 aliphatic rings. The average Bonchev–Trinajstić information content (AvgIpc) is 3.20. The van der Waals surface area contributed by atoms with Crippen molar-refractivity contribution in [1.29, 1.82) is 0 Å². The summed E-state index contributed by atoms with van der Waals surface area (Å²) in [4.78, 5) is 26.8. The van der Waals surface area contributed by atoms with E-state index in [2.05, 4.69) is 20.7 Å². The number of tetrazole rings is 1. The Kier molecular flexibility index (Phi) is 6.05. The first-order chi connectivity index (χ1) is 13.4. The van der Waals surface area contributed by atoms with Gasteiger partial charge in [-0.3, -0.25) is 4.79 Å². The van der Waals surface area contributed by atoms with E-state index in [4.69, 9.17) is 16.3 Å². The number of aromatic nitrogens is 4. The summed E-state index contributed by atoms with van der Waals surface area (Å²) in [5.74, 6) is -0.464. The van der Waals surface area contributed by atoms with Gasteiger partial charge in [-0.1, -0.05) is 23.7 Å². The minimum absolute atomic E-state index is 0.147. The van der Waals surface area contributed by atoms with E-state index in [9.17, 15) is 9.59 Å². The molecule has 0 aliphatic carbocycles. The molecule has 0 fully saturated rings. The van der Waals surface area contributed by atoms with Crippen LogP contribution in [0.3, 0.4) is 0 Å². The van der Waals surface area contributed by atoms with Crippen molar-refractivity contribution in [3.63, 3.8) is 0 Å². The standard InChI is InChI=1S/C18H18ClN5O3S/c1-4-27-18(26)15-10(2)11(3)28-17(15)20-14(25)9-24-22-16(21-23-24)12-6-5-7-13(19)8-12/h5-8H,4,9H2,1-3H3,(H,20,25). The predicted molar refractivity (Wildman–Crippen MR) is 107 cm³/mol. The lowest BCUT2D eigenvalue weighted by atomic mass is 10.1. The zero-order valence-corrected chi connectivity index (χ0v) is 17.1. The third-order valence-corrected chi connectivity index (χ3v) is 5.30. The van der Waals surface area contributed by atoms with Crippen LogP contribution in [0.15, 0.2) is 24.3 Å². The molecule has 3 rings (SSSR count). The molecule has 0 radical (unpaired) electrons. The third kappa shape index (κ3) is 4.37. The van der Waals surface area contributed by atoms with Gasteiger partial charge in [-0.2, -0.15) is 4.80 Å². The Hall–Kier alpha value is -2.78. The van der Waals surface area contributed by atoms with Gasteiger partial charge in [-0.15, -0.1) is 21.5 Å². The van der Waals surface area contributed by atoms with E-state index >= 15 is 0 Å². The molecule has 0 bridgehead atoms. The highest BCUT2D eigenvalue weighted by Crippen LogP contribution is 2.33. The molecule has 8 nitrogen and oxygen atoms in total. The van der Waals surface area contributed by atoms with Gasteiger partial charge in [0.1, 0.15) is 11.5 Å². The number of benzene rings is 1. The van der Waals surface area contributed by atoms with Crippen LogP contribution < -0.4 is 5.32 Å². The smallest absolute Gasteiger partial charge is 0.341 e. The number of carbonyl (C=O) groups excluding carboxylic acids is 2. The molecule has 0 aliphatic heterocycles. The summed E-state index contributed by atoms with van der Waals surface area (Å²) in [6.07, 6.45) is 0. The molecule has 0 saturated heterocycles. The van der Waals surface area contributed by atoms with E-state index in [1.807, 2.05) is 13.8 Å². The van der Waals surface area contributed by atoms with Crippen molar-refractivity contribution in [2.75, 3.05) is 11.9 Å². The van der Waals surface area contributed by atoms with Gasteiger partial charge in [0.2, 0.25) is 11.7 Å². The Morgan fingerprint density at radius 1 is 1.32 bits per heavy atom. The highest BCUT2D eigenvalue weighted by atomic mass is 35.5. The van der Waals surface area contributed by atoms with Gasteiger partial charge >= 0.3 is 5.97 Å². The summed E-state index contributed by atoms with van der Waals surface area (Å²) in [7, 11) is 0. The molecule has 0 atom stereocenters. The lowest BCUT2D eigenvalue weighted by molar-refractivity contribution is -0.117. The van der Waals surface area contributed by atoms with Gasteiger partial charge in [0.05, 0.1) is 12.2 Å². The first-order valence-electron chi connectivity index (χ1n) is 8.49. The number of aryl methyl sites for hydroxylation is 1. The second kappa shape index (κ2) is 8.49. The fourth-order valence-corrected chi connectivity index (χ4v) is 3.77. The number of hydrogen-bond acceptors (Lipinski definition) is 7. The Morgan fingerprint density at radius 2 is 2.11 bits per heavy atom. The molecule has 0 spiro atoms. The minimum atomic E-state index is -0.457. The summed E-state index contributed by atoms with van der Waals surface area (Å²) in [6.45, 7) is 5.55. The van der Waals surface area contributed by atoms with Crippen molar-refractivity contribution in [3.8, 4) is 11.4 Å². The molecule has 0 unspecified atom stereocenters. The van der Waals surface area contributed by atoms with Crippen LogP contribution in [-0.4, -0.2) is 38.7 Å². The molecule has 3 aromatic rings. The predicted octanol–water partition coefficient (Wildman–Crippen LogP) is 3.49. The van der Waals surface area contributed by atoms with E-state index < -0.39 is 5.97 Å². The van der Waals surface area contributed by atoms with Crippen LogP contribution in [0.5, 0.6) is 0 Å². The molecular weight excluding hydrogens is 402 g/mol. The summed E-state index contributed by atoms with van der Waals surface area (Å²) in [5.41, 5.74) is 1.87. The van der Waals surface area contributed by atoms with Crippen LogP contribution >= 0.6 is 22.9 Å². The molecule has 1 amide bonds. The molecule has 0 saturated carbocycles. The Bertz CT molecular complexity index is 1030. The molecule has 10 heteroatoms. The maximum atomic E-state index is 12.4. The number of ether oxygens (including phenoxy) is 1. The van der Waals surface area contributed by atoms with Crippen LogP contribution in [0.4, 0.5) is 5.00 Å². The molecule has 1 N–H and O–H groups in total. The van der Waals surface area contributed by atoms with Crippen molar-refractivity contribution in [3.05, 3.63) is 45.3 Å². The molecule has 2 heterocycles. The zero-order chi connectivity index (χ0) is 20.3. The summed E-state index contributed by atoms with van der Waals surface area (Å²) in [6, 6.07) is 7.04. The largest absolute Gasteiger partial charge is 0.462 e. The van der Waals surface area contributed by atoms with Gasteiger partial charge in [0, 0.05) is 15.5 Å². The number of hydrogen-bond donors (Lipinski definition) is 1. The fourth-order valence-electron chi connectivity index (χ4n) is 2.51. The van der Waals surface area contributed by atoms with Crippen LogP contribution in [-0.2, 0) is 16.1 Å². The summed E-state index contributed by atoms with van der Waals surface area (Å²) in [5, 5.41) is 15.8. The molecular formula is C18H18ClN5O3S. The maximum Gasteiger partial charge on any atom is 0.341 e. The number of nitrogens with one attached hydrogen (secondary N) is 1. The van der Waals surface area contributed by atoms with Crippen molar-refractivity contribution >= 4 is 39.8 Å². The lowest BCUT2D eigenvalue weighted by Gasteiger charge is -2.06. The normalized spacial score (nSPS) is 10.7. The topological polar surface area (TPSA) is 99.0 Å². The number of esters is 1. The number of anilines is 1. The van der Waals surface area contributed by atoms with Gasteiger partial charge in [0.15, 0.2) is 0 Å². The average molecular weight is 420 g/mol. The quantitative estimate of drug-likeness (QED) is 0.614. The number of nitrogens with zero attached hydrogens (tertiary/aromatic N) is 4. The summed E-state index contributed by atoms with van der Waals surface area (Å²) >= 11 is 7.29. The number of halogens is 1. The van der Waals surface area contributed by atoms with Crippen LogP contribution in [0.1, 0.15) is 27.7 Å². The van der Waals surface area contributed by atoms with Crippen LogP contribution in [0.25, 0.3) is 11.4 Å². The second-order valence-corrected chi connectivity index (χ2v) is 7.57. The van der Waals surface area contributed by atoms with Crippen LogP contribution in [0.2, 0.25) is 5.02 Å². The Balaban J connectivity index is 1.73. The van der Waals surface area contributed by atoms with E-state index in [0.29, 0.717) is 27.0 Å². The summed E-state index contributed by atoms with van der Waals surface area (Å²) < 4.78 is 5.09. The van der Waals surface area contributed by atoms with E-state index in [-0.39, 0.29) is 19.1 Å². The van der Waals surface area contributed by atoms with E-state index in [0.717, 1.165) is 10.4 Å². The number of thiophene rings is 1. The van der Waals surface area contributed by atoms with Gasteiger partial charge in [-0.25, -0.2) is 4.79 Å². The van der Waals surface area contributed by atoms with Crippen molar-refractivity contribution < 1.29 is 14.3 Å². The van der Waals surface area contributed by atoms with Crippen molar-refractivity contribution in [2.24, 2.45) is 0 Å². The molecule has 1 aromatic carbocycles. The van der Waals surface area contributed by atoms with Crippen molar-refractivity contribution in [2.45, 2.75) is 27.3 Å². The Morgan fingerprint density at radius 3 is 2.82 bits per heavy atom. The second-order valence-electron chi connectivity index (χ2n) is 5.91. The van der Waals surface area contributed by atoms with Gasteiger partial charge < -0.3 is 10.1 Å². The molecule has 2 aromatic heterocycles. The fraction of sp³-hybridized carbons (Fsp3) is 0.278. The van der Waals surface area contributed by atoms with E-state index in [1.165, 1.54) is 16.1 Å². The first kappa shape index (κ1) is 20.0. The van der Waals surface area contributed by atoms with Gasteiger partial charge in [-0.05, 0) is 43.7 Å². The van der Waals surface area contributed by atoms with Crippen LogP contribution in [0, 0.1) is 13.8 Å². The Labute approximate surface area is 170 Å². The lowest BCUT2D eigenvalue weighted by Crippen LogP contribution is -2.21. The van der Waals surface area contributed by atoms with Crippen molar-refractivity contribution in [1.82, 2.24) is 20.2 Å². The number of carbonyl (C=O) groups is 2. The molecule has 146 valence electrons. The highest BCUT2D eigenvalue weighted by Gasteiger charge is 2.22.